The summed E-state index contributed by atoms with van der Waals surface area (Å²) in [6.07, 6.45) is 1.17. The number of carbonyl (C=O) groups is 3. The van der Waals surface area contributed by atoms with E-state index in [1.807, 2.05) is 0 Å². The topological polar surface area (TPSA) is 93.7 Å². The number of rotatable bonds is 6. The Morgan fingerprint density at radius 2 is 1.83 bits per heavy atom. The highest BCUT2D eigenvalue weighted by Crippen LogP contribution is 2.46. The van der Waals surface area contributed by atoms with Crippen molar-refractivity contribution < 1.29 is 23.9 Å². The van der Waals surface area contributed by atoms with Crippen LogP contribution in [0.3, 0.4) is 0 Å². The smallest absolute Gasteiger partial charge is 0.341 e. The predicted octanol–water partition coefficient (Wildman–Crippen LogP) is 5.47. The molecule has 3 rings (SSSR count). The van der Waals surface area contributed by atoms with Gasteiger partial charge >= 0.3 is 18.0 Å². The lowest BCUT2D eigenvalue weighted by Gasteiger charge is -2.13. The Labute approximate surface area is 187 Å². The van der Waals surface area contributed by atoms with E-state index in [0.717, 1.165) is 4.88 Å². The van der Waals surface area contributed by atoms with Gasteiger partial charge in [-0.2, -0.15) is 0 Å². The molecular formula is C20H20Cl2N2O5S. The zero-order valence-electron chi connectivity index (χ0n) is 16.3. The Hall–Kier alpha value is -2.29. The number of fused-ring (bicyclic) bond motifs is 1. The number of aryl methyl sites for hydroxylation is 1. The highest BCUT2D eigenvalue weighted by molar-refractivity contribution is 7.17. The average Bonchev–Trinajstić information content (AvgIpc) is 3.23. The Bertz CT molecular complexity index is 992. The summed E-state index contributed by atoms with van der Waals surface area (Å²) < 4.78 is 10.3. The number of benzene rings is 1. The molecule has 30 heavy (non-hydrogen) atoms. The average molecular weight is 471 g/mol. The van der Waals surface area contributed by atoms with Gasteiger partial charge in [0.25, 0.3) is 0 Å². The fourth-order valence-corrected chi connectivity index (χ4v) is 4.83. The monoisotopic (exact) mass is 470 g/mol. The van der Waals surface area contributed by atoms with Gasteiger partial charge in [0.1, 0.15) is 5.00 Å². The second-order valence-corrected chi connectivity index (χ2v) is 8.33. The number of nitrogens with one attached hydrogen (secondary N) is 2. The summed E-state index contributed by atoms with van der Waals surface area (Å²) in [6, 6.07) is 4.12. The lowest BCUT2D eigenvalue weighted by molar-refractivity contribution is -0.144. The van der Waals surface area contributed by atoms with E-state index in [1.165, 1.54) is 17.4 Å². The Balaban J connectivity index is 1.88. The van der Waals surface area contributed by atoms with E-state index in [2.05, 4.69) is 10.6 Å². The van der Waals surface area contributed by atoms with Crippen LogP contribution in [-0.2, 0) is 20.7 Å². The number of halogens is 2. The molecule has 0 aliphatic heterocycles. The molecule has 1 aromatic carbocycles. The molecular weight excluding hydrogens is 451 g/mol. The Kier molecular flexibility index (Phi) is 7.23. The van der Waals surface area contributed by atoms with Gasteiger partial charge in [0.15, 0.2) is 0 Å². The number of ether oxygens (including phenoxy) is 2. The summed E-state index contributed by atoms with van der Waals surface area (Å²) in [5.41, 5.74) is 1.23. The van der Waals surface area contributed by atoms with E-state index in [9.17, 15) is 14.4 Å². The molecule has 1 aromatic heterocycles. The number of carbonyl (C=O) groups excluding carboxylic acids is 3. The lowest BCUT2D eigenvalue weighted by atomic mass is 9.99. The van der Waals surface area contributed by atoms with Gasteiger partial charge in [-0.3, -0.25) is 10.1 Å². The highest BCUT2D eigenvalue weighted by Gasteiger charge is 2.38. The third kappa shape index (κ3) is 4.71. The van der Waals surface area contributed by atoms with Gasteiger partial charge in [-0.25, -0.2) is 9.59 Å². The zero-order chi connectivity index (χ0) is 21.8. The number of esters is 2. The Morgan fingerprint density at radius 1 is 1.10 bits per heavy atom. The molecule has 1 heterocycles. The van der Waals surface area contributed by atoms with Crippen molar-refractivity contribution in [1.29, 1.82) is 0 Å². The summed E-state index contributed by atoms with van der Waals surface area (Å²) in [4.78, 5) is 38.4. The van der Waals surface area contributed by atoms with Gasteiger partial charge in [0.2, 0.25) is 0 Å². The second-order valence-electron chi connectivity index (χ2n) is 6.41. The van der Waals surface area contributed by atoms with Crippen molar-refractivity contribution in [2.24, 2.45) is 0 Å². The number of amides is 2. The zero-order valence-corrected chi connectivity index (χ0v) is 18.7. The van der Waals surface area contributed by atoms with E-state index >= 15 is 0 Å². The van der Waals surface area contributed by atoms with Crippen molar-refractivity contribution in [2.45, 2.75) is 32.6 Å². The minimum atomic E-state index is -0.587. The number of urea groups is 1. The first-order valence-electron chi connectivity index (χ1n) is 9.38. The maximum atomic E-state index is 12.7. The van der Waals surface area contributed by atoms with Gasteiger partial charge in [-0.15, -0.1) is 11.3 Å². The lowest BCUT2D eigenvalue weighted by Crippen LogP contribution is -2.22. The molecule has 1 atom stereocenters. The molecule has 1 aliphatic rings. The van der Waals surface area contributed by atoms with Crippen molar-refractivity contribution in [3.8, 4) is 0 Å². The van der Waals surface area contributed by atoms with Crippen molar-refractivity contribution in [3.63, 3.8) is 0 Å². The van der Waals surface area contributed by atoms with Crippen molar-refractivity contribution in [2.75, 3.05) is 23.8 Å². The van der Waals surface area contributed by atoms with Crippen LogP contribution >= 0.6 is 34.5 Å². The van der Waals surface area contributed by atoms with Crippen LogP contribution in [0.5, 0.6) is 0 Å². The highest BCUT2D eigenvalue weighted by atomic mass is 35.5. The van der Waals surface area contributed by atoms with E-state index < -0.39 is 17.9 Å². The number of thiophene rings is 1. The number of anilines is 2. The molecule has 1 aliphatic carbocycles. The van der Waals surface area contributed by atoms with Crippen LogP contribution in [0.4, 0.5) is 15.5 Å². The quantitative estimate of drug-likeness (QED) is 0.545. The standard InChI is InChI=1S/C20H20Cl2N2O5S/c1-3-28-18(25)11-6-8-14-15(11)16(19(26)29-4-2)17(30-14)24-20(27)23-10-5-7-12(21)13(22)9-10/h5,7,9,11H,3-4,6,8H2,1-2H3,(H2,23,24,27)/t11-/m0/s1. The van der Waals surface area contributed by atoms with Crippen molar-refractivity contribution >= 4 is 63.2 Å². The third-order valence-corrected chi connectivity index (χ3v) is 6.41. The molecule has 0 spiro atoms. The van der Waals surface area contributed by atoms with Crippen molar-refractivity contribution in [1.82, 2.24) is 0 Å². The first-order valence-corrected chi connectivity index (χ1v) is 10.9. The van der Waals surface area contributed by atoms with Crippen LogP contribution in [0.1, 0.15) is 47.0 Å². The van der Waals surface area contributed by atoms with E-state index in [-0.39, 0.29) is 24.7 Å². The summed E-state index contributed by atoms with van der Waals surface area (Å²) in [6.45, 7) is 3.84. The van der Waals surface area contributed by atoms with E-state index in [1.54, 1.807) is 26.0 Å². The van der Waals surface area contributed by atoms with Gasteiger partial charge in [0.05, 0.1) is 34.7 Å². The Morgan fingerprint density at radius 3 is 2.50 bits per heavy atom. The van der Waals surface area contributed by atoms with Crippen LogP contribution < -0.4 is 10.6 Å². The van der Waals surface area contributed by atoms with Crippen LogP contribution in [0, 0.1) is 0 Å². The summed E-state index contributed by atoms with van der Waals surface area (Å²) in [7, 11) is 0. The predicted molar refractivity (Wildman–Crippen MR) is 117 cm³/mol. The van der Waals surface area contributed by atoms with Gasteiger partial charge in [-0.05, 0) is 50.5 Å². The first kappa shape index (κ1) is 22.4. The molecule has 2 amide bonds. The van der Waals surface area contributed by atoms with E-state index in [0.29, 0.717) is 39.1 Å². The number of hydrogen-bond acceptors (Lipinski definition) is 6. The minimum absolute atomic E-state index is 0.169. The largest absolute Gasteiger partial charge is 0.466 e. The fraction of sp³-hybridized carbons (Fsp3) is 0.350. The van der Waals surface area contributed by atoms with Crippen LogP contribution in [-0.4, -0.2) is 31.2 Å². The van der Waals surface area contributed by atoms with Crippen LogP contribution in [0.25, 0.3) is 0 Å². The summed E-state index contributed by atoms with van der Waals surface area (Å²) in [5.74, 6) is -1.52. The molecule has 0 bridgehead atoms. The summed E-state index contributed by atoms with van der Waals surface area (Å²) >= 11 is 13.1. The normalized spacial score (nSPS) is 14.7. The maximum absolute atomic E-state index is 12.7. The van der Waals surface area contributed by atoms with Crippen LogP contribution in [0.2, 0.25) is 10.0 Å². The van der Waals surface area contributed by atoms with Crippen LogP contribution in [0.15, 0.2) is 18.2 Å². The molecule has 160 valence electrons. The molecule has 10 heteroatoms. The molecule has 7 nitrogen and oxygen atoms in total. The molecule has 2 aromatic rings. The minimum Gasteiger partial charge on any atom is -0.466 e. The SMILES string of the molecule is CCOC(=O)c1c(NC(=O)Nc2ccc(Cl)c(Cl)c2)sc2c1[C@@H](C(=O)OCC)CC2. The summed E-state index contributed by atoms with van der Waals surface area (Å²) in [5, 5.41) is 6.33. The van der Waals surface area contributed by atoms with Gasteiger partial charge in [-0.1, -0.05) is 23.2 Å². The van der Waals surface area contributed by atoms with Crippen molar-refractivity contribution in [3.05, 3.63) is 44.2 Å². The molecule has 0 saturated carbocycles. The third-order valence-electron chi connectivity index (χ3n) is 4.49. The number of hydrogen-bond donors (Lipinski definition) is 2. The molecule has 0 unspecified atom stereocenters. The maximum Gasteiger partial charge on any atom is 0.341 e. The molecule has 2 N–H and O–H groups in total. The second kappa shape index (κ2) is 9.68. The van der Waals surface area contributed by atoms with Gasteiger partial charge < -0.3 is 14.8 Å². The van der Waals surface area contributed by atoms with Gasteiger partial charge in [0, 0.05) is 10.6 Å². The van der Waals surface area contributed by atoms with E-state index in [4.69, 9.17) is 32.7 Å². The molecule has 0 radical (unpaired) electrons. The fourth-order valence-electron chi connectivity index (χ4n) is 3.28. The molecule has 0 saturated heterocycles. The first-order chi connectivity index (χ1) is 14.3. The molecule has 0 fully saturated rings.